The molecule has 5 fully saturated rings. The van der Waals surface area contributed by atoms with Crippen LogP contribution in [0.3, 0.4) is 0 Å². The van der Waals surface area contributed by atoms with Crippen molar-refractivity contribution in [1.29, 1.82) is 10.5 Å². The standard InChI is InChI=1S/C14H15ClFNO3.C14H14ClNO3.C12H12ClNO2.C11H13ClFNOSi.C7H4ClFO.C7H11NO2.C4H9NSi.C4H8O.7ClH/c1-9(18)17-6-4-14(20,5-7-17)13(19)11-3-2-10(15)8-12(11)16;1-9(17)16-6-4-14(5-7-16)13(18)11-3-2-10(15)8-12(11)19-14;13-8-1-2-9-10(7-8)16-12(11(9)15)3-5-14-6-4-12;1-16(2,3)15-11(7-14)9-5-4-8(12)6-10(9)13;8-6-2-1-5(4-10)7(9)3-6;1-6(9)8-4-2-7(10)3-5-8;1-6(2,3)4-5;1-2-4-5-3-1;;;;;;;/h2-3,8,20H,4-7H2,1H3;2-3,8H,4-7H2,1H3;1-2,7,14H,3-6H2;4-6,11H,1-3H3;1-4H;2-5H2,1H3;1-3H3;1-4H2;7*1H. The summed E-state index contributed by atoms with van der Waals surface area (Å²) in [5.41, 5.74) is 0.573. The molecule has 5 aromatic carbocycles. The first-order chi connectivity index (χ1) is 47.9. The van der Waals surface area contributed by atoms with Gasteiger partial charge in [0.1, 0.15) is 40.3 Å². The minimum absolute atomic E-state index is 0. The summed E-state index contributed by atoms with van der Waals surface area (Å²) in [6.45, 7) is 23.0. The summed E-state index contributed by atoms with van der Waals surface area (Å²) >= 11 is 28.5. The number of benzene rings is 5. The molecule has 7 heterocycles. The van der Waals surface area contributed by atoms with Crippen LogP contribution in [-0.2, 0) is 28.3 Å². The number of ether oxygens (including phenoxy) is 3. The number of aliphatic hydroxyl groups is 1. The first kappa shape index (κ1) is 108. The highest BCUT2D eigenvalue weighted by Gasteiger charge is 2.51. The number of nitrogens with zero attached hydrogens (tertiary/aromatic N) is 5. The van der Waals surface area contributed by atoms with E-state index in [0.29, 0.717) is 101 Å². The Hall–Kier alpha value is -5.02. The van der Waals surface area contributed by atoms with Crippen LogP contribution in [0.15, 0.2) is 91.0 Å². The summed E-state index contributed by atoms with van der Waals surface area (Å²) in [6, 6.07) is 24.2. The Morgan fingerprint density at radius 1 is 0.560 bits per heavy atom. The number of hydrogen-bond acceptors (Lipinski definition) is 16. The van der Waals surface area contributed by atoms with E-state index in [-0.39, 0.29) is 170 Å². The van der Waals surface area contributed by atoms with Crippen LogP contribution in [0, 0.1) is 39.7 Å². The molecule has 0 bridgehead atoms. The molecule has 19 nitrogen and oxygen atoms in total. The third kappa shape index (κ3) is 33.5. The summed E-state index contributed by atoms with van der Waals surface area (Å²) in [7, 11) is -3.21. The summed E-state index contributed by atoms with van der Waals surface area (Å²) < 4.78 is 62.1. The molecule has 606 valence electrons. The number of fused-ring (bicyclic) bond motifs is 2. The van der Waals surface area contributed by atoms with E-state index >= 15 is 0 Å². The Kier molecular flexibility index (Phi) is 49.9. The summed E-state index contributed by atoms with van der Waals surface area (Å²) in [5, 5.41) is 32.8. The lowest BCUT2D eigenvalue weighted by Crippen LogP contribution is -2.51. The Balaban J connectivity index is -0.00000120. The van der Waals surface area contributed by atoms with Gasteiger partial charge in [0.15, 0.2) is 45.8 Å². The second-order valence-corrected chi connectivity index (χ2v) is 38.2. The lowest BCUT2D eigenvalue weighted by atomic mass is 9.84. The molecule has 5 aromatic rings. The molecule has 7 aliphatic heterocycles. The molecule has 2 N–H and O–H groups in total. The molecule has 3 amide bonds. The number of nitriles is 2. The van der Waals surface area contributed by atoms with E-state index in [2.05, 4.69) is 11.0 Å². The van der Waals surface area contributed by atoms with Crippen molar-refractivity contribution in [1.82, 2.24) is 20.0 Å². The van der Waals surface area contributed by atoms with Crippen LogP contribution in [0.2, 0.25) is 64.4 Å². The number of likely N-dealkylation sites (tertiary alicyclic amines) is 3. The summed E-state index contributed by atoms with van der Waals surface area (Å²) in [5.74, 6) is -0.862. The van der Waals surface area contributed by atoms with Crippen molar-refractivity contribution in [3.05, 3.63) is 161 Å². The number of nitrogens with one attached hydrogen (secondary N) is 1. The molecule has 0 aliphatic carbocycles. The number of ketones is 4. The summed E-state index contributed by atoms with van der Waals surface area (Å²) in [6.07, 6.45) is 5.99. The Morgan fingerprint density at radius 2 is 0.936 bits per heavy atom. The Bertz CT molecular complexity index is 3910. The van der Waals surface area contributed by atoms with Crippen LogP contribution < -0.4 is 14.8 Å². The van der Waals surface area contributed by atoms with Gasteiger partial charge in [-0.1, -0.05) is 83.7 Å². The number of Topliss-reactive ketones (excluding diaryl/α,β-unsaturated/α-hetero) is 4. The van der Waals surface area contributed by atoms with Gasteiger partial charge in [-0.25, -0.2) is 18.4 Å². The maximum absolute atomic E-state index is 13.7. The molecule has 0 saturated carbocycles. The minimum Gasteiger partial charge on any atom is -0.478 e. The maximum atomic E-state index is 13.7. The average Bonchev–Trinajstić information content (AvgIpc) is 1.62. The van der Waals surface area contributed by atoms with Crippen molar-refractivity contribution in [3.8, 4) is 23.3 Å². The third-order valence-electron chi connectivity index (χ3n) is 16.7. The molecule has 2 spiro atoms. The van der Waals surface area contributed by atoms with Gasteiger partial charge in [0.2, 0.25) is 29.3 Å². The fourth-order valence-electron chi connectivity index (χ4n) is 11.0. The second-order valence-electron chi connectivity index (χ2n) is 26.8. The Labute approximate surface area is 705 Å². The smallest absolute Gasteiger partial charge is 0.219 e. The summed E-state index contributed by atoms with van der Waals surface area (Å²) in [4.78, 5) is 96.1. The quantitative estimate of drug-likeness (QED) is 0.0909. The molecule has 109 heavy (non-hydrogen) atoms. The molecular weight excluding hydrogens is 1710 g/mol. The number of halogens is 15. The van der Waals surface area contributed by atoms with Crippen LogP contribution >= 0.6 is 145 Å². The van der Waals surface area contributed by atoms with Crippen molar-refractivity contribution in [3.63, 3.8) is 0 Å². The zero-order valence-corrected chi connectivity index (χ0v) is 72.9. The van der Waals surface area contributed by atoms with Crippen molar-refractivity contribution in [2.45, 2.75) is 147 Å². The van der Waals surface area contributed by atoms with Crippen LogP contribution in [0.25, 0.3) is 0 Å². The normalized spacial score (nSPS) is 16.3. The zero-order valence-electron chi connectivity index (χ0n) is 61.4. The van der Waals surface area contributed by atoms with E-state index in [1.54, 1.807) is 64.1 Å². The highest BCUT2D eigenvalue weighted by Crippen LogP contribution is 2.43. The van der Waals surface area contributed by atoms with E-state index in [1.165, 1.54) is 63.1 Å². The van der Waals surface area contributed by atoms with E-state index in [9.17, 15) is 56.6 Å². The third-order valence-corrected chi connectivity index (χ3v) is 19.5. The van der Waals surface area contributed by atoms with Crippen molar-refractivity contribution in [2.24, 2.45) is 0 Å². The number of aldehydes is 1. The van der Waals surface area contributed by atoms with E-state index in [4.69, 9.17) is 87.2 Å². The lowest BCUT2D eigenvalue weighted by molar-refractivity contribution is -0.133. The SMILES string of the molecule is C1CCOC1.CC(=O)N1CCC(=O)CC1.CC(=O)N1CCC(O)(C(=O)c2ccc(Cl)cc2F)CC1.CC(=O)N1CCC2(CC1)Oc1cc(Cl)ccc1C2=O.C[Si](C)(C)C#N.C[Si](C)(C)OC(C#N)c1ccc(Cl)cc1F.Cl.Cl.Cl.Cl.Cl.Cl.Cl.O=C1c2ccc(Cl)cc2OC12CCNCC2.O=Cc1ccc(Cl)cc1F. The number of amides is 3. The fourth-order valence-corrected chi connectivity index (χ4v) is 12.6. The van der Waals surface area contributed by atoms with Gasteiger partial charge in [-0.3, -0.25) is 38.4 Å². The molecule has 5 saturated heterocycles. The van der Waals surface area contributed by atoms with E-state index < -0.39 is 62.5 Å². The molecule has 0 radical (unpaired) electrons. The number of hydrogen-bond donors (Lipinski definition) is 2. The Morgan fingerprint density at radius 3 is 1.30 bits per heavy atom. The van der Waals surface area contributed by atoms with Crippen LogP contribution in [0.4, 0.5) is 13.2 Å². The fraction of sp³-hybridized carbons (Fsp3) is 0.452. The van der Waals surface area contributed by atoms with Crippen LogP contribution in [0.5, 0.6) is 11.5 Å². The molecule has 1 unspecified atom stereocenters. The van der Waals surface area contributed by atoms with Gasteiger partial charge in [-0.05, 0) is 131 Å². The van der Waals surface area contributed by atoms with Gasteiger partial charge < -0.3 is 43.8 Å². The second kappa shape index (κ2) is 50.3. The predicted molar refractivity (Wildman–Crippen MR) is 441 cm³/mol. The maximum Gasteiger partial charge on any atom is 0.219 e. The number of piperidine rings is 4. The van der Waals surface area contributed by atoms with Crippen molar-refractivity contribution in [2.75, 3.05) is 65.6 Å². The molecule has 0 aromatic heterocycles. The molecule has 12 rings (SSSR count). The van der Waals surface area contributed by atoms with Gasteiger partial charge in [-0.2, -0.15) is 5.26 Å². The zero-order chi connectivity index (χ0) is 75.9. The average molecular weight is 1800 g/mol. The first-order valence-corrected chi connectivity index (χ1v) is 41.9. The largest absolute Gasteiger partial charge is 0.478 e. The highest BCUT2D eigenvalue weighted by molar-refractivity contribution is 6.83. The molecule has 7 aliphatic rings. The van der Waals surface area contributed by atoms with Gasteiger partial charge >= 0.3 is 0 Å². The van der Waals surface area contributed by atoms with Crippen molar-refractivity contribution < 1.29 is 75.3 Å². The van der Waals surface area contributed by atoms with Gasteiger partial charge in [0.05, 0.1) is 28.3 Å². The number of carbonyl (C=O) groups is 8. The van der Waals surface area contributed by atoms with Gasteiger partial charge in [0.25, 0.3) is 0 Å². The minimum atomic E-state index is -1.88. The van der Waals surface area contributed by atoms with E-state index in [1.807, 2.05) is 45.4 Å². The monoisotopic (exact) mass is 1790 g/mol. The predicted octanol–water partition coefficient (Wildman–Crippen LogP) is 17.9. The number of rotatable bonds is 6. The van der Waals surface area contributed by atoms with Crippen molar-refractivity contribution >= 4 is 208 Å². The number of carbonyl (C=O) groups excluding carboxylic acids is 8. The first-order valence-electron chi connectivity index (χ1n) is 33.1. The van der Waals surface area contributed by atoms with Crippen LogP contribution in [0.1, 0.15) is 138 Å². The van der Waals surface area contributed by atoms with Gasteiger partial charge in [0, 0.05) is 161 Å². The molecule has 1 atom stereocenters. The van der Waals surface area contributed by atoms with Gasteiger partial charge in [-0.15, -0.1) is 86.8 Å². The topological polar surface area (TPSA) is 263 Å². The molecular formula is C73H93Cl12F3N6O13Si2. The lowest BCUT2D eigenvalue weighted by Gasteiger charge is -2.36. The molecule has 36 heteroatoms. The van der Waals surface area contributed by atoms with E-state index in [0.717, 1.165) is 51.3 Å². The highest BCUT2D eigenvalue weighted by atomic mass is 35.5. The van der Waals surface area contributed by atoms with Crippen LogP contribution in [-0.4, -0.2) is 166 Å².